The van der Waals surface area contributed by atoms with E-state index in [-0.39, 0.29) is 11.8 Å². The van der Waals surface area contributed by atoms with E-state index in [9.17, 15) is 9.59 Å². The maximum absolute atomic E-state index is 12.5. The summed E-state index contributed by atoms with van der Waals surface area (Å²) in [4.78, 5) is 27.7. The molecule has 3 rings (SSSR count). The second kappa shape index (κ2) is 6.84. The quantitative estimate of drug-likeness (QED) is 0.809. The lowest BCUT2D eigenvalue weighted by Crippen LogP contribution is -2.36. The smallest absolute Gasteiger partial charge is 0.239 e. The molecule has 0 aliphatic carbocycles. The number of halogens is 1. The van der Waals surface area contributed by atoms with Crippen LogP contribution in [0.3, 0.4) is 0 Å². The Morgan fingerprint density at radius 3 is 2.96 bits per heavy atom. The molecule has 1 N–H and O–H groups in total. The summed E-state index contributed by atoms with van der Waals surface area (Å²) in [5, 5.41) is 4.90. The number of rotatable bonds is 4. The highest BCUT2D eigenvalue weighted by Crippen LogP contribution is 2.27. The van der Waals surface area contributed by atoms with Gasteiger partial charge in [0.2, 0.25) is 11.8 Å². The molecule has 23 heavy (non-hydrogen) atoms. The zero-order valence-corrected chi connectivity index (χ0v) is 15.1. The van der Waals surface area contributed by atoms with Crippen molar-refractivity contribution in [2.24, 2.45) is 5.92 Å². The third-order valence-corrected chi connectivity index (χ3v) is 5.55. The third-order valence-electron chi connectivity index (χ3n) is 4.03. The molecule has 120 valence electrons. The molecule has 2 heterocycles. The number of hydrogen-bond acceptors (Lipinski definition) is 3. The van der Waals surface area contributed by atoms with Crippen molar-refractivity contribution < 1.29 is 9.59 Å². The van der Waals surface area contributed by atoms with Crippen LogP contribution in [0.5, 0.6) is 0 Å². The van der Waals surface area contributed by atoms with E-state index < -0.39 is 5.92 Å². The van der Waals surface area contributed by atoms with E-state index in [2.05, 4.69) is 21.2 Å². The second-order valence-corrected chi connectivity index (χ2v) is 7.47. The van der Waals surface area contributed by atoms with Crippen LogP contribution in [0.4, 0.5) is 5.69 Å². The highest BCUT2D eigenvalue weighted by molar-refractivity contribution is 9.10. The molecule has 6 heteroatoms. The number of carbonyl (C=O) groups is 2. The number of aryl methyl sites for hydroxylation is 1. The molecule has 2 amide bonds. The predicted octanol–water partition coefficient (Wildman–Crippen LogP) is 3.49. The van der Waals surface area contributed by atoms with Gasteiger partial charge >= 0.3 is 0 Å². The first-order chi connectivity index (χ1) is 11.1. The summed E-state index contributed by atoms with van der Waals surface area (Å²) in [5.74, 6) is -0.891. The van der Waals surface area contributed by atoms with Crippen molar-refractivity contribution in [3.05, 3.63) is 50.6 Å². The highest BCUT2D eigenvalue weighted by Gasteiger charge is 2.37. The first kappa shape index (κ1) is 16.2. The molecule has 1 aromatic heterocycles. The van der Waals surface area contributed by atoms with Crippen LogP contribution in [0.15, 0.2) is 40.2 Å². The lowest BCUT2D eigenvalue weighted by Gasteiger charge is -2.17. The van der Waals surface area contributed by atoms with E-state index >= 15 is 0 Å². The van der Waals surface area contributed by atoms with Crippen LogP contribution in [-0.2, 0) is 16.1 Å². The van der Waals surface area contributed by atoms with Crippen LogP contribution in [0.2, 0.25) is 0 Å². The van der Waals surface area contributed by atoms with Crippen LogP contribution in [0, 0.1) is 12.8 Å². The number of nitrogens with one attached hydrogen (secondary N) is 1. The van der Waals surface area contributed by atoms with Crippen molar-refractivity contribution in [3.63, 3.8) is 0 Å². The van der Waals surface area contributed by atoms with Gasteiger partial charge in [-0.1, -0.05) is 22.0 Å². The number of benzene rings is 1. The monoisotopic (exact) mass is 392 g/mol. The maximum atomic E-state index is 12.5. The van der Waals surface area contributed by atoms with Crippen molar-refractivity contribution in [1.82, 2.24) is 5.32 Å². The Bertz CT molecular complexity index is 744. The Balaban J connectivity index is 1.64. The fourth-order valence-electron chi connectivity index (χ4n) is 2.70. The molecule has 1 aliphatic heterocycles. The van der Waals surface area contributed by atoms with E-state index in [4.69, 9.17) is 0 Å². The van der Waals surface area contributed by atoms with Gasteiger partial charge in [0, 0.05) is 21.6 Å². The minimum atomic E-state index is -0.589. The molecule has 0 saturated carbocycles. The number of carbonyl (C=O) groups excluding carboxylic acids is 2. The Kier molecular flexibility index (Phi) is 4.82. The summed E-state index contributed by atoms with van der Waals surface area (Å²) < 4.78 is 0.920. The molecule has 1 saturated heterocycles. The van der Waals surface area contributed by atoms with Crippen molar-refractivity contribution in [2.75, 3.05) is 11.4 Å². The lowest BCUT2D eigenvalue weighted by atomic mass is 10.1. The molecular weight excluding hydrogens is 376 g/mol. The zero-order chi connectivity index (χ0) is 16.4. The van der Waals surface area contributed by atoms with Gasteiger partial charge in [-0.3, -0.25) is 9.59 Å². The molecule has 1 unspecified atom stereocenters. The number of nitrogens with zero attached hydrogens (tertiary/aromatic N) is 1. The number of amides is 2. The molecule has 0 bridgehead atoms. The minimum absolute atomic E-state index is 0.122. The average Bonchev–Trinajstić information content (AvgIpc) is 3.11. The molecule has 1 aliphatic rings. The standard InChI is InChI=1S/C17H17BrN2O2S/c1-11-6-8-23-15(11)10-19-16(21)14-5-7-20(17(14)22)13-4-2-3-12(18)9-13/h2-4,6,8-9,14H,5,7,10H2,1H3,(H,19,21). The summed E-state index contributed by atoms with van der Waals surface area (Å²) in [5.41, 5.74) is 2.00. The van der Waals surface area contributed by atoms with Gasteiger partial charge in [0.05, 0.1) is 6.54 Å². The molecule has 0 radical (unpaired) electrons. The van der Waals surface area contributed by atoms with E-state index in [1.165, 1.54) is 5.56 Å². The van der Waals surface area contributed by atoms with Gasteiger partial charge in [0.25, 0.3) is 0 Å². The third kappa shape index (κ3) is 3.48. The lowest BCUT2D eigenvalue weighted by molar-refractivity contribution is -0.132. The number of hydrogen-bond donors (Lipinski definition) is 1. The summed E-state index contributed by atoms with van der Waals surface area (Å²) in [6, 6.07) is 9.62. The SMILES string of the molecule is Cc1ccsc1CNC(=O)C1CCN(c2cccc(Br)c2)C1=O. The molecule has 1 fully saturated rings. The summed E-state index contributed by atoms with van der Waals surface area (Å²) >= 11 is 5.03. The van der Waals surface area contributed by atoms with Crippen LogP contribution < -0.4 is 10.2 Å². The van der Waals surface area contributed by atoms with Gasteiger partial charge < -0.3 is 10.2 Å². The van der Waals surface area contributed by atoms with Gasteiger partial charge in [-0.2, -0.15) is 0 Å². The van der Waals surface area contributed by atoms with Crippen LogP contribution >= 0.6 is 27.3 Å². The van der Waals surface area contributed by atoms with Gasteiger partial charge in [-0.25, -0.2) is 0 Å². The van der Waals surface area contributed by atoms with Gasteiger partial charge in [0.15, 0.2) is 0 Å². The van der Waals surface area contributed by atoms with Crippen LogP contribution in [0.25, 0.3) is 0 Å². The highest BCUT2D eigenvalue weighted by atomic mass is 79.9. The first-order valence-electron chi connectivity index (χ1n) is 7.44. The summed E-state index contributed by atoms with van der Waals surface area (Å²) in [6.45, 7) is 3.09. The van der Waals surface area contributed by atoms with Gasteiger partial charge in [-0.15, -0.1) is 11.3 Å². The van der Waals surface area contributed by atoms with E-state index in [1.54, 1.807) is 16.2 Å². The van der Waals surface area contributed by atoms with Crippen LogP contribution in [-0.4, -0.2) is 18.4 Å². The maximum Gasteiger partial charge on any atom is 0.239 e. The molecule has 4 nitrogen and oxygen atoms in total. The first-order valence-corrected chi connectivity index (χ1v) is 9.11. The number of anilines is 1. The summed E-state index contributed by atoms with van der Waals surface area (Å²) in [7, 11) is 0. The fraction of sp³-hybridized carbons (Fsp3) is 0.294. The van der Waals surface area contributed by atoms with Crippen molar-refractivity contribution >= 4 is 44.8 Å². The number of thiophene rings is 1. The second-order valence-electron chi connectivity index (χ2n) is 5.56. The van der Waals surface area contributed by atoms with Crippen molar-refractivity contribution in [1.29, 1.82) is 0 Å². The van der Waals surface area contributed by atoms with Gasteiger partial charge in [0.1, 0.15) is 5.92 Å². The summed E-state index contributed by atoms with van der Waals surface area (Å²) in [6.07, 6.45) is 0.556. The molecular formula is C17H17BrN2O2S. The molecule has 2 aromatic rings. The molecule has 1 atom stereocenters. The zero-order valence-electron chi connectivity index (χ0n) is 12.7. The Morgan fingerprint density at radius 2 is 2.26 bits per heavy atom. The van der Waals surface area contributed by atoms with E-state index in [1.807, 2.05) is 42.6 Å². The largest absolute Gasteiger partial charge is 0.351 e. The Morgan fingerprint density at radius 1 is 1.43 bits per heavy atom. The van der Waals surface area contributed by atoms with E-state index in [0.717, 1.165) is 15.0 Å². The minimum Gasteiger partial charge on any atom is -0.351 e. The molecule has 1 aromatic carbocycles. The Hall–Kier alpha value is -1.66. The normalized spacial score (nSPS) is 17.6. The molecule has 0 spiro atoms. The average molecular weight is 393 g/mol. The fourth-order valence-corrected chi connectivity index (χ4v) is 3.93. The van der Waals surface area contributed by atoms with E-state index in [0.29, 0.717) is 19.5 Å². The van der Waals surface area contributed by atoms with Crippen molar-refractivity contribution in [2.45, 2.75) is 19.9 Å². The predicted molar refractivity (Wildman–Crippen MR) is 95.5 cm³/mol. The topological polar surface area (TPSA) is 49.4 Å². The Labute approximate surface area is 147 Å². The van der Waals surface area contributed by atoms with Crippen molar-refractivity contribution in [3.8, 4) is 0 Å². The van der Waals surface area contributed by atoms with Crippen LogP contribution in [0.1, 0.15) is 16.9 Å². The van der Waals surface area contributed by atoms with Gasteiger partial charge in [-0.05, 0) is 48.6 Å².